The molecule has 7 nitrogen and oxygen atoms in total. The van der Waals surface area contributed by atoms with Crippen molar-refractivity contribution in [2.75, 3.05) is 6.54 Å². The van der Waals surface area contributed by atoms with Gasteiger partial charge in [0.1, 0.15) is 0 Å². The summed E-state index contributed by atoms with van der Waals surface area (Å²) in [6.45, 7) is 1.32. The van der Waals surface area contributed by atoms with E-state index in [1.807, 2.05) is 47.0 Å². The fourth-order valence-electron chi connectivity index (χ4n) is 4.41. The van der Waals surface area contributed by atoms with Crippen LogP contribution in [0.15, 0.2) is 34.9 Å². The number of amides is 1. The molecule has 0 radical (unpaired) electrons. The molecule has 0 saturated heterocycles. The Morgan fingerprint density at radius 3 is 2.75 bits per heavy atom. The van der Waals surface area contributed by atoms with Crippen LogP contribution in [0.1, 0.15) is 36.9 Å². The van der Waals surface area contributed by atoms with Crippen molar-refractivity contribution in [1.82, 2.24) is 24.8 Å². The first-order valence-corrected chi connectivity index (χ1v) is 9.94. The highest BCUT2D eigenvalue weighted by atomic mass is 16.5. The predicted octanol–water partition coefficient (Wildman–Crippen LogP) is 3.21. The van der Waals surface area contributed by atoms with Gasteiger partial charge in [0.05, 0.1) is 0 Å². The number of rotatable bonds is 3. The fraction of sp³-hybridized carbons (Fsp3) is 0.429. The number of hydrogen-bond donors (Lipinski definition) is 0. The van der Waals surface area contributed by atoms with Crippen molar-refractivity contribution in [3.8, 4) is 23.0 Å². The van der Waals surface area contributed by atoms with E-state index < -0.39 is 0 Å². The van der Waals surface area contributed by atoms with E-state index in [9.17, 15) is 4.79 Å². The van der Waals surface area contributed by atoms with Crippen molar-refractivity contribution >= 4 is 5.91 Å². The molecule has 0 unspecified atom stereocenters. The summed E-state index contributed by atoms with van der Waals surface area (Å²) < 4.78 is 7.42. The second-order valence-corrected chi connectivity index (χ2v) is 7.68. The molecular formula is C21H23N5O2. The second-order valence-electron chi connectivity index (χ2n) is 7.68. The molecule has 28 heavy (non-hydrogen) atoms. The Labute approximate surface area is 163 Å². The number of carbonyl (C=O) groups is 1. The van der Waals surface area contributed by atoms with Gasteiger partial charge in [-0.25, -0.2) is 0 Å². The minimum atomic E-state index is 0.190. The second kappa shape index (κ2) is 6.89. The molecule has 2 aliphatic rings. The summed E-state index contributed by atoms with van der Waals surface area (Å²) in [5.41, 5.74) is 3.77. The largest absolute Gasteiger partial charge is 0.338 e. The van der Waals surface area contributed by atoms with Crippen LogP contribution < -0.4 is 0 Å². The molecule has 0 N–H and O–H groups in total. The Kier molecular flexibility index (Phi) is 4.22. The van der Waals surface area contributed by atoms with Gasteiger partial charge < -0.3 is 9.42 Å². The van der Waals surface area contributed by atoms with Crippen LogP contribution in [-0.4, -0.2) is 37.3 Å². The third-order valence-electron chi connectivity index (χ3n) is 5.92. The van der Waals surface area contributed by atoms with Gasteiger partial charge >= 0.3 is 0 Å². The molecule has 3 heterocycles. The van der Waals surface area contributed by atoms with Crippen LogP contribution >= 0.6 is 0 Å². The van der Waals surface area contributed by atoms with Gasteiger partial charge in [-0.2, -0.15) is 10.1 Å². The molecule has 1 aliphatic heterocycles. The van der Waals surface area contributed by atoms with E-state index in [0.29, 0.717) is 24.0 Å². The summed E-state index contributed by atoms with van der Waals surface area (Å²) >= 11 is 0. The average Bonchev–Trinajstić information content (AvgIpc) is 3.48. The number of fused-ring (bicyclic) bond motifs is 1. The minimum absolute atomic E-state index is 0.190. The molecule has 0 atom stereocenters. The van der Waals surface area contributed by atoms with E-state index in [1.165, 1.54) is 0 Å². The number of aryl methyl sites for hydroxylation is 1. The van der Waals surface area contributed by atoms with Crippen LogP contribution in [-0.2, 0) is 24.8 Å². The number of nitrogens with zero attached hydrogens (tertiary/aromatic N) is 5. The Morgan fingerprint density at radius 2 is 1.96 bits per heavy atom. The topological polar surface area (TPSA) is 77.1 Å². The summed E-state index contributed by atoms with van der Waals surface area (Å²) in [5.74, 6) is 1.43. The zero-order chi connectivity index (χ0) is 19.1. The minimum Gasteiger partial charge on any atom is -0.338 e. The summed E-state index contributed by atoms with van der Waals surface area (Å²) in [6, 6.07) is 9.74. The maximum absolute atomic E-state index is 12.9. The van der Waals surface area contributed by atoms with E-state index in [1.54, 1.807) is 0 Å². The van der Waals surface area contributed by atoms with E-state index >= 15 is 0 Å². The lowest BCUT2D eigenvalue weighted by Gasteiger charge is -2.29. The van der Waals surface area contributed by atoms with Crippen LogP contribution in [0.5, 0.6) is 0 Å². The number of benzene rings is 1. The third-order valence-corrected chi connectivity index (χ3v) is 5.92. The molecule has 144 valence electrons. The first kappa shape index (κ1) is 17.2. The lowest BCUT2D eigenvalue weighted by Crippen LogP contribution is -2.39. The van der Waals surface area contributed by atoms with Gasteiger partial charge in [-0.15, -0.1) is 0 Å². The summed E-state index contributed by atoms with van der Waals surface area (Å²) in [6.07, 6.45) is 5.17. The third kappa shape index (κ3) is 2.91. The highest BCUT2D eigenvalue weighted by Crippen LogP contribution is 2.33. The van der Waals surface area contributed by atoms with Gasteiger partial charge in [0.25, 0.3) is 5.89 Å². The summed E-state index contributed by atoms with van der Waals surface area (Å²) in [4.78, 5) is 19.4. The van der Waals surface area contributed by atoms with E-state index in [-0.39, 0.29) is 11.8 Å². The SMILES string of the molecule is Cn1nc(-c2nc(-c3ccccc3)no2)c2c1CCN(C(=O)C1CCCC1)C2. The predicted molar refractivity (Wildman–Crippen MR) is 103 cm³/mol. The van der Waals surface area contributed by atoms with Crippen molar-refractivity contribution in [2.24, 2.45) is 13.0 Å². The Balaban J connectivity index is 1.45. The molecule has 1 aliphatic carbocycles. The van der Waals surface area contributed by atoms with Crippen molar-refractivity contribution in [3.05, 3.63) is 41.6 Å². The molecule has 1 saturated carbocycles. The lowest BCUT2D eigenvalue weighted by molar-refractivity contribution is -0.136. The zero-order valence-corrected chi connectivity index (χ0v) is 16.0. The first-order chi connectivity index (χ1) is 13.7. The first-order valence-electron chi connectivity index (χ1n) is 9.94. The standard InChI is InChI=1S/C21H23N5O2/c1-25-17-11-12-26(21(27)15-9-5-6-10-15)13-16(17)18(23-25)20-22-19(24-28-20)14-7-3-2-4-8-14/h2-4,7-8,15H,5-6,9-13H2,1H3. The van der Waals surface area contributed by atoms with Gasteiger partial charge in [0.15, 0.2) is 5.69 Å². The highest BCUT2D eigenvalue weighted by Gasteiger charge is 2.33. The Bertz CT molecular complexity index is 1000. The molecule has 3 aromatic rings. The van der Waals surface area contributed by atoms with Crippen LogP contribution in [0, 0.1) is 5.92 Å². The number of aromatic nitrogens is 4. The molecule has 5 rings (SSSR count). The van der Waals surface area contributed by atoms with Crippen LogP contribution in [0.25, 0.3) is 23.0 Å². The van der Waals surface area contributed by atoms with Gasteiger partial charge in [-0.3, -0.25) is 9.48 Å². The molecule has 0 bridgehead atoms. The Hall–Kier alpha value is -2.96. The van der Waals surface area contributed by atoms with Crippen LogP contribution in [0.3, 0.4) is 0 Å². The highest BCUT2D eigenvalue weighted by molar-refractivity contribution is 5.79. The lowest BCUT2D eigenvalue weighted by atomic mass is 10.0. The van der Waals surface area contributed by atoms with E-state index in [2.05, 4.69) is 15.2 Å². The number of carbonyl (C=O) groups excluding carboxylic acids is 1. The quantitative estimate of drug-likeness (QED) is 0.700. The Morgan fingerprint density at radius 1 is 1.18 bits per heavy atom. The van der Waals surface area contributed by atoms with Crippen molar-refractivity contribution in [2.45, 2.75) is 38.6 Å². The normalized spacial score (nSPS) is 17.1. The van der Waals surface area contributed by atoms with Crippen molar-refractivity contribution in [3.63, 3.8) is 0 Å². The molecule has 1 aromatic carbocycles. The fourth-order valence-corrected chi connectivity index (χ4v) is 4.41. The van der Waals surface area contributed by atoms with Crippen LogP contribution in [0.4, 0.5) is 0 Å². The van der Waals surface area contributed by atoms with Gasteiger partial charge in [0, 0.05) is 49.3 Å². The summed E-state index contributed by atoms with van der Waals surface area (Å²) in [7, 11) is 1.94. The summed E-state index contributed by atoms with van der Waals surface area (Å²) in [5, 5.41) is 8.77. The molecule has 1 fully saturated rings. The molecule has 2 aromatic heterocycles. The van der Waals surface area contributed by atoms with Crippen molar-refractivity contribution < 1.29 is 9.32 Å². The average molecular weight is 377 g/mol. The van der Waals surface area contributed by atoms with Gasteiger partial charge in [0.2, 0.25) is 11.7 Å². The van der Waals surface area contributed by atoms with E-state index in [4.69, 9.17) is 4.52 Å². The molecule has 7 heteroatoms. The van der Waals surface area contributed by atoms with Gasteiger partial charge in [-0.05, 0) is 12.8 Å². The maximum Gasteiger partial charge on any atom is 0.279 e. The molecule has 1 amide bonds. The maximum atomic E-state index is 12.9. The van der Waals surface area contributed by atoms with Crippen molar-refractivity contribution in [1.29, 1.82) is 0 Å². The zero-order valence-electron chi connectivity index (χ0n) is 16.0. The van der Waals surface area contributed by atoms with E-state index in [0.717, 1.165) is 55.5 Å². The number of hydrogen-bond acceptors (Lipinski definition) is 5. The monoisotopic (exact) mass is 377 g/mol. The van der Waals surface area contributed by atoms with Gasteiger partial charge in [-0.1, -0.05) is 48.3 Å². The smallest absolute Gasteiger partial charge is 0.279 e. The molecular weight excluding hydrogens is 354 g/mol. The molecule has 0 spiro atoms. The van der Waals surface area contributed by atoms with Crippen LogP contribution in [0.2, 0.25) is 0 Å².